The second-order valence-corrected chi connectivity index (χ2v) is 7.19. The minimum Gasteiger partial charge on any atom is -0.373 e. The third-order valence-corrected chi connectivity index (χ3v) is 5.29. The molecule has 3 atom stereocenters. The lowest BCUT2D eigenvalue weighted by Gasteiger charge is -2.27. The summed E-state index contributed by atoms with van der Waals surface area (Å²) >= 11 is 0. The first kappa shape index (κ1) is 14.0. The molecule has 21 heavy (non-hydrogen) atoms. The monoisotopic (exact) mass is 294 g/mol. The minimum atomic E-state index is 0.106. The summed E-state index contributed by atoms with van der Waals surface area (Å²) in [6, 6.07) is 0. The number of fused-ring (bicyclic) bond motifs is 1. The Labute approximate surface area is 126 Å². The highest BCUT2D eigenvalue weighted by molar-refractivity contribution is 5.75. The topological polar surface area (TPSA) is 42.0 Å². The maximum Gasteiger partial charge on any atom is 0.248 e. The van der Waals surface area contributed by atoms with Crippen molar-refractivity contribution in [2.24, 2.45) is 11.8 Å². The summed E-state index contributed by atoms with van der Waals surface area (Å²) in [6.45, 7) is 4.94. The predicted molar refractivity (Wildman–Crippen MR) is 77.4 cm³/mol. The van der Waals surface area contributed by atoms with Crippen LogP contribution in [0.4, 0.5) is 0 Å². The Balaban J connectivity index is 1.23. The molecule has 4 aliphatic rings. The Kier molecular flexibility index (Phi) is 3.90. The second kappa shape index (κ2) is 5.86. The molecule has 4 fully saturated rings. The van der Waals surface area contributed by atoms with E-state index in [2.05, 4.69) is 4.90 Å². The molecule has 4 rings (SSSR count). The van der Waals surface area contributed by atoms with Gasteiger partial charge >= 0.3 is 0 Å². The first-order chi connectivity index (χ1) is 10.3. The molecular formula is C16H26N2O3. The molecule has 0 aromatic rings. The van der Waals surface area contributed by atoms with E-state index in [9.17, 15) is 4.79 Å². The summed E-state index contributed by atoms with van der Waals surface area (Å²) in [4.78, 5) is 20.2. The van der Waals surface area contributed by atoms with E-state index in [-0.39, 0.29) is 12.0 Å². The van der Waals surface area contributed by atoms with Gasteiger partial charge in [0.1, 0.15) is 0 Å². The third kappa shape index (κ3) is 3.25. The number of hydroxylamine groups is 2. The normalized spacial score (nSPS) is 37.0. The fraction of sp³-hybridized carbons (Fsp3) is 0.938. The van der Waals surface area contributed by atoms with Crippen LogP contribution >= 0.6 is 0 Å². The van der Waals surface area contributed by atoms with Crippen molar-refractivity contribution in [3.05, 3.63) is 0 Å². The lowest BCUT2D eigenvalue weighted by molar-refractivity contribution is -0.199. The number of hydrogen-bond donors (Lipinski definition) is 0. The van der Waals surface area contributed by atoms with Gasteiger partial charge in [0.25, 0.3) is 0 Å². The van der Waals surface area contributed by atoms with E-state index >= 15 is 0 Å². The summed E-state index contributed by atoms with van der Waals surface area (Å²) in [6.07, 6.45) is 6.97. The van der Waals surface area contributed by atoms with Gasteiger partial charge in [-0.3, -0.25) is 9.63 Å². The number of amides is 1. The zero-order chi connectivity index (χ0) is 14.2. The van der Waals surface area contributed by atoms with Crippen LogP contribution in [0.15, 0.2) is 0 Å². The fourth-order valence-electron chi connectivity index (χ4n) is 3.98. The minimum absolute atomic E-state index is 0.106. The molecule has 0 unspecified atom stereocenters. The maximum atomic E-state index is 12.2. The van der Waals surface area contributed by atoms with Crippen molar-refractivity contribution in [3.8, 4) is 0 Å². The molecule has 118 valence electrons. The molecular weight excluding hydrogens is 268 g/mol. The first-order valence-electron chi connectivity index (χ1n) is 8.59. The van der Waals surface area contributed by atoms with Crippen molar-refractivity contribution in [2.45, 2.75) is 50.7 Å². The highest BCUT2D eigenvalue weighted by atomic mass is 16.7. The number of carbonyl (C=O) groups is 1. The molecule has 3 heterocycles. The molecule has 0 spiro atoms. The van der Waals surface area contributed by atoms with Crippen molar-refractivity contribution in [3.63, 3.8) is 0 Å². The van der Waals surface area contributed by atoms with E-state index in [0.717, 1.165) is 38.3 Å². The Bertz CT molecular complexity index is 379. The smallest absolute Gasteiger partial charge is 0.248 e. The van der Waals surface area contributed by atoms with Gasteiger partial charge in [0.15, 0.2) is 0 Å². The van der Waals surface area contributed by atoms with Crippen LogP contribution in [0.5, 0.6) is 0 Å². The number of nitrogens with zero attached hydrogens (tertiary/aromatic N) is 2. The van der Waals surface area contributed by atoms with Crippen LogP contribution < -0.4 is 0 Å². The number of carbonyl (C=O) groups excluding carboxylic acids is 1. The highest BCUT2D eigenvalue weighted by Crippen LogP contribution is 2.37. The largest absolute Gasteiger partial charge is 0.373 e. The van der Waals surface area contributed by atoms with Gasteiger partial charge in [-0.2, -0.15) is 0 Å². The number of rotatable bonds is 4. The fourth-order valence-corrected chi connectivity index (χ4v) is 3.98. The molecule has 5 heteroatoms. The van der Waals surface area contributed by atoms with E-state index in [1.54, 1.807) is 5.06 Å². The van der Waals surface area contributed by atoms with E-state index < -0.39 is 0 Å². The summed E-state index contributed by atoms with van der Waals surface area (Å²) in [5.41, 5.74) is 0. The summed E-state index contributed by atoms with van der Waals surface area (Å²) < 4.78 is 6.13. The van der Waals surface area contributed by atoms with Gasteiger partial charge in [0.2, 0.25) is 5.91 Å². The van der Waals surface area contributed by atoms with E-state index in [1.807, 2.05) is 0 Å². The molecule has 0 aromatic carbocycles. The van der Waals surface area contributed by atoms with Gasteiger partial charge in [-0.25, -0.2) is 5.06 Å². The quantitative estimate of drug-likeness (QED) is 0.786. The Morgan fingerprint density at radius 3 is 2.81 bits per heavy atom. The molecule has 3 saturated heterocycles. The molecule has 0 aromatic heterocycles. The lowest BCUT2D eigenvalue weighted by Crippen LogP contribution is -2.37. The second-order valence-electron chi connectivity index (χ2n) is 7.19. The SMILES string of the molecule is O=C(C[C@@H]1C[C@H]2CN(CC3CC3)C[C@H]2O1)N1CCCCO1. The number of ether oxygens (including phenoxy) is 1. The molecule has 1 saturated carbocycles. The maximum absolute atomic E-state index is 12.2. The lowest BCUT2D eigenvalue weighted by atomic mass is 10.0. The van der Waals surface area contributed by atoms with Gasteiger partial charge in [0.05, 0.1) is 25.2 Å². The van der Waals surface area contributed by atoms with Gasteiger partial charge in [0, 0.05) is 32.1 Å². The van der Waals surface area contributed by atoms with Crippen molar-refractivity contribution < 1.29 is 14.4 Å². The van der Waals surface area contributed by atoms with Crippen LogP contribution in [0.25, 0.3) is 0 Å². The summed E-state index contributed by atoms with van der Waals surface area (Å²) in [7, 11) is 0. The number of likely N-dealkylation sites (tertiary alicyclic amines) is 1. The Hall–Kier alpha value is -0.650. The zero-order valence-corrected chi connectivity index (χ0v) is 12.7. The molecule has 3 aliphatic heterocycles. The van der Waals surface area contributed by atoms with Crippen LogP contribution in [-0.4, -0.2) is 60.9 Å². The van der Waals surface area contributed by atoms with Crippen molar-refractivity contribution in [2.75, 3.05) is 32.8 Å². The van der Waals surface area contributed by atoms with Crippen LogP contribution in [0, 0.1) is 11.8 Å². The average molecular weight is 294 g/mol. The van der Waals surface area contributed by atoms with Crippen LogP contribution in [-0.2, 0) is 14.4 Å². The summed E-state index contributed by atoms with van der Waals surface area (Å²) in [5, 5.41) is 1.56. The van der Waals surface area contributed by atoms with Gasteiger partial charge in [-0.1, -0.05) is 0 Å². The third-order valence-electron chi connectivity index (χ3n) is 5.29. The number of hydrogen-bond acceptors (Lipinski definition) is 4. The van der Waals surface area contributed by atoms with E-state index in [0.29, 0.717) is 25.0 Å². The van der Waals surface area contributed by atoms with Crippen molar-refractivity contribution in [1.29, 1.82) is 0 Å². The molecule has 1 aliphatic carbocycles. The van der Waals surface area contributed by atoms with Crippen molar-refractivity contribution >= 4 is 5.91 Å². The van der Waals surface area contributed by atoms with E-state index in [4.69, 9.17) is 9.57 Å². The average Bonchev–Trinajstić information content (AvgIpc) is 3.11. The highest BCUT2D eigenvalue weighted by Gasteiger charge is 2.43. The van der Waals surface area contributed by atoms with Gasteiger partial charge in [-0.05, 0) is 38.0 Å². The summed E-state index contributed by atoms with van der Waals surface area (Å²) in [5.74, 6) is 1.70. The predicted octanol–water partition coefficient (Wildman–Crippen LogP) is 1.43. The standard InChI is InChI=1S/C16H26N2O3/c19-16(18-5-1-2-6-20-18)8-14-7-13-10-17(9-12-3-4-12)11-15(13)21-14/h12-15H,1-11H2/t13-,14-,15+/m0/s1. The molecule has 1 amide bonds. The first-order valence-corrected chi connectivity index (χ1v) is 8.59. The van der Waals surface area contributed by atoms with Gasteiger partial charge in [-0.15, -0.1) is 0 Å². The molecule has 0 N–H and O–H groups in total. The van der Waals surface area contributed by atoms with E-state index in [1.165, 1.54) is 25.9 Å². The van der Waals surface area contributed by atoms with Crippen LogP contribution in [0.1, 0.15) is 38.5 Å². The zero-order valence-electron chi connectivity index (χ0n) is 12.7. The van der Waals surface area contributed by atoms with Crippen molar-refractivity contribution in [1.82, 2.24) is 9.96 Å². The Morgan fingerprint density at radius 1 is 1.19 bits per heavy atom. The van der Waals surface area contributed by atoms with Crippen LogP contribution in [0.2, 0.25) is 0 Å². The van der Waals surface area contributed by atoms with Gasteiger partial charge < -0.3 is 9.64 Å². The Morgan fingerprint density at radius 2 is 2.10 bits per heavy atom. The van der Waals surface area contributed by atoms with Crippen LogP contribution in [0.3, 0.4) is 0 Å². The molecule has 0 bridgehead atoms. The molecule has 5 nitrogen and oxygen atoms in total. The molecule has 0 radical (unpaired) electrons.